The summed E-state index contributed by atoms with van der Waals surface area (Å²) in [6, 6.07) is 0.207. The van der Waals surface area contributed by atoms with Crippen LogP contribution in [0.3, 0.4) is 0 Å². The van der Waals surface area contributed by atoms with Crippen molar-refractivity contribution in [1.29, 1.82) is 0 Å². The number of nitrogens with one attached hydrogen (secondary N) is 1. The summed E-state index contributed by atoms with van der Waals surface area (Å²) in [7, 11) is 0. The largest absolute Gasteiger partial charge is 0.423 e. The van der Waals surface area contributed by atoms with E-state index in [4.69, 9.17) is 4.42 Å². The van der Waals surface area contributed by atoms with Crippen molar-refractivity contribution in [2.24, 2.45) is 5.92 Å². The first-order valence-electron chi connectivity index (χ1n) is 7.31. The van der Waals surface area contributed by atoms with Crippen LogP contribution in [0, 0.1) is 5.92 Å². The summed E-state index contributed by atoms with van der Waals surface area (Å²) in [5.74, 6) is 2.96. The third kappa shape index (κ3) is 3.10. The molecule has 0 aliphatic heterocycles. The molecule has 0 radical (unpaired) electrons. The molecule has 0 aromatic carbocycles. The number of rotatable bonds is 5. The molecule has 1 aliphatic carbocycles. The van der Waals surface area contributed by atoms with Gasteiger partial charge in [-0.2, -0.15) is 0 Å². The molecule has 1 aliphatic rings. The van der Waals surface area contributed by atoms with Crippen molar-refractivity contribution in [3.8, 4) is 0 Å². The number of hydrogen-bond donors (Lipinski definition) is 1. The van der Waals surface area contributed by atoms with Crippen LogP contribution in [0.1, 0.15) is 76.6 Å². The van der Waals surface area contributed by atoms with Gasteiger partial charge in [-0.25, -0.2) is 0 Å². The Bertz CT molecular complexity index is 356. The molecule has 0 spiro atoms. The first kappa shape index (κ1) is 13.5. The zero-order valence-electron chi connectivity index (χ0n) is 11.8. The van der Waals surface area contributed by atoms with Gasteiger partial charge < -0.3 is 9.73 Å². The van der Waals surface area contributed by atoms with Crippen LogP contribution in [0.15, 0.2) is 4.42 Å². The number of aromatic nitrogens is 2. The standard InChI is InChI=1S/C14H25N3O/c1-4-12(15-5-2)14-17-16-13(18-14)11-8-6-10(3)7-9-11/h10-12,15H,4-9H2,1-3H3. The molecular weight excluding hydrogens is 226 g/mol. The van der Waals surface area contributed by atoms with E-state index in [1.165, 1.54) is 25.7 Å². The molecule has 4 heteroatoms. The second kappa shape index (κ2) is 6.32. The van der Waals surface area contributed by atoms with E-state index in [2.05, 4.69) is 36.3 Å². The molecule has 1 saturated carbocycles. The third-order valence-electron chi connectivity index (χ3n) is 3.98. The number of nitrogens with zero attached hydrogens (tertiary/aromatic N) is 2. The molecule has 1 unspecified atom stereocenters. The Kier molecular flexibility index (Phi) is 4.75. The Labute approximate surface area is 110 Å². The van der Waals surface area contributed by atoms with E-state index < -0.39 is 0 Å². The van der Waals surface area contributed by atoms with E-state index in [0.717, 1.165) is 30.7 Å². The predicted octanol–water partition coefficient (Wildman–Crippen LogP) is 3.42. The molecule has 1 heterocycles. The Morgan fingerprint density at radius 2 is 1.94 bits per heavy atom. The molecule has 1 atom stereocenters. The smallest absolute Gasteiger partial charge is 0.233 e. The Morgan fingerprint density at radius 3 is 2.56 bits per heavy atom. The summed E-state index contributed by atoms with van der Waals surface area (Å²) in [5, 5.41) is 11.9. The first-order chi connectivity index (χ1) is 8.74. The van der Waals surface area contributed by atoms with Gasteiger partial charge in [-0.1, -0.05) is 20.8 Å². The SMILES string of the molecule is CCNC(CC)c1nnc(C2CCC(C)CC2)o1. The average Bonchev–Trinajstić information content (AvgIpc) is 2.86. The monoisotopic (exact) mass is 251 g/mol. The molecule has 1 fully saturated rings. The summed E-state index contributed by atoms with van der Waals surface area (Å²) in [5.41, 5.74) is 0. The quantitative estimate of drug-likeness (QED) is 0.871. The summed E-state index contributed by atoms with van der Waals surface area (Å²) >= 11 is 0. The highest BCUT2D eigenvalue weighted by Gasteiger charge is 2.25. The Balaban J connectivity index is 2.00. The topological polar surface area (TPSA) is 51.0 Å². The van der Waals surface area contributed by atoms with Gasteiger partial charge in [0.2, 0.25) is 11.8 Å². The highest BCUT2D eigenvalue weighted by Crippen LogP contribution is 2.35. The van der Waals surface area contributed by atoms with Gasteiger partial charge in [0.1, 0.15) is 0 Å². The number of hydrogen-bond acceptors (Lipinski definition) is 4. The molecule has 0 saturated heterocycles. The lowest BCUT2D eigenvalue weighted by Crippen LogP contribution is -2.20. The minimum atomic E-state index is 0.207. The van der Waals surface area contributed by atoms with Gasteiger partial charge >= 0.3 is 0 Å². The molecule has 0 amide bonds. The molecule has 2 rings (SSSR count). The maximum Gasteiger partial charge on any atom is 0.233 e. The van der Waals surface area contributed by atoms with Crippen LogP contribution in [0.25, 0.3) is 0 Å². The van der Waals surface area contributed by atoms with Gasteiger partial charge in [-0.05, 0) is 44.6 Å². The minimum absolute atomic E-state index is 0.207. The second-order valence-corrected chi connectivity index (χ2v) is 5.45. The van der Waals surface area contributed by atoms with Crippen LogP contribution in [0.5, 0.6) is 0 Å². The van der Waals surface area contributed by atoms with Crippen molar-refractivity contribution in [1.82, 2.24) is 15.5 Å². The summed E-state index contributed by atoms with van der Waals surface area (Å²) < 4.78 is 5.88. The lowest BCUT2D eigenvalue weighted by atomic mass is 9.83. The molecule has 4 nitrogen and oxygen atoms in total. The van der Waals surface area contributed by atoms with Crippen LogP contribution in [-0.2, 0) is 0 Å². The highest BCUT2D eigenvalue weighted by molar-refractivity contribution is 4.96. The van der Waals surface area contributed by atoms with E-state index in [9.17, 15) is 0 Å². The van der Waals surface area contributed by atoms with Gasteiger partial charge in [0.25, 0.3) is 0 Å². The molecule has 1 aromatic rings. The molecule has 0 bridgehead atoms. The fourth-order valence-corrected chi connectivity index (χ4v) is 2.71. The summed E-state index contributed by atoms with van der Waals surface area (Å²) in [6.07, 6.45) is 5.94. The van der Waals surface area contributed by atoms with Gasteiger partial charge in [-0.15, -0.1) is 10.2 Å². The lowest BCUT2D eigenvalue weighted by molar-refractivity contribution is 0.293. The molecule has 1 N–H and O–H groups in total. The highest BCUT2D eigenvalue weighted by atomic mass is 16.4. The fourth-order valence-electron chi connectivity index (χ4n) is 2.71. The normalized spacial score (nSPS) is 26.2. The first-order valence-corrected chi connectivity index (χ1v) is 7.31. The van der Waals surface area contributed by atoms with Gasteiger partial charge in [0.15, 0.2) is 0 Å². The van der Waals surface area contributed by atoms with Gasteiger partial charge in [0, 0.05) is 5.92 Å². The Hall–Kier alpha value is -0.900. The van der Waals surface area contributed by atoms with Gasteiger partial charge in [0.05, 0.1) is 6.04 Å². The van der Waals surface area contributed by atoms with Crippen LogP contribution in [0.2, 0.25) is 0 Å². The predicted molar refractivity (Wildman–Crippen MR) is 71.4 cm³/mol. The van der Waals surface area contributed by atoms with Crippen molar-refractivity contribution in [3.63, 3.8) is 0 Å². The van der Waals surface area contributed by atoms with Crippen molar-refractivity contribution in [2.75, 3.05) is 6.54 Å². The lowest BCUT2D eigenvalue weighted by Gasteiger charge is -2.23. The zero-order chi connectivity index (χ0) is 13.0. The van der Waals surface area contributed by atoms with Crippen LogP contribution in [-0.4, -0.2) is 16.7 Å². The second-order valence-electron chi connectivity index (χ2n) is 5.45. The fraction of sp³-hybridized carbons (Fsp3) is 0.857. The van der Waals surface area contributed by atoms with Crippen molar-refractivity contribution >= 4 is 0 Å². The Morgan fingerprint density at radius 1 is 1.22 bits per heavy atom. The van der Waals surface area contributed by atoms with Crippen molar-refractivity contribution in [2.45, 2.75) is 64.8 Å². The van der Waals surface area contributed by atoms with E-state index in [1.807, 2.05) is 0 Å². The summed E-state index contributed by atoms with van der Waals surface area (Å²) in [4.78, 5) is 0. The minimum Gasteiger partial charge on any atom is -0.423 e. The maximum absolute atomic E-state index is 5.88. The van der Waals surface area contributed by atoms with E-state index in [-0.39, 0.29) is 6.04 Å². The molecule has 102 valence electrons. The van der Waals surface area contributed by atoms with E-state index in [1.54, 1.807) is 0 Å². The maximum atomic E-state index is 5.88. The average molecular weight is 251 g/mol. The van der Waals surface area contributed by atoms with Crippen LogP contribution in [0.4, 0.5) is 0 Å². The molecule has 1 aromatic heterocycles. The summed E-state index contributed by atoms with van der Waals surface area (Å²) in [6.45, 7) is 7.49. The zero-order valence-corrected chi connectivity index (χ0v) is 11.8. The van der Waals surface area contributed by atoms with Crippen molar-refractivity contribution in [3.05, 3.63) is 11.8 Å². The van der Waals surface area contributed by atoms with Crippen LogP contribution < -0.4 is 5.32 Å². The molecule has 18 heavy (non-hydrogen) atoms. The van der Waals surface area contributed by atoms with E-state index in [0.29, 0.717) is 5.92 Å². The van der Waals surface area contributed by atoms with Gasteiger partial charge in [-0.3, -0.25) is 0 Å². The van der Waals surface area contributed by atoms with E-state index >= 15 is 0 Å². The third-order valence-corrected chi connectivity index (χ3v) is 3.98. The molecular formula is C14H25N3O. The van der Waals surface area contributed by atoms with Crippen LogP contribution >= 0.6 is 0 Å². The van der Waals surface area contributed by atoms with Crippen molar-refractivity contribution < 1.29 is 4.42 Å².